The molecule has 2 nitrogen and oxygen atoms in total. The van der Waals surface area contributed by atoms with E-state index in [1.54, 1.807) is 5.57 Å². The maximum atomic E-state index is 12.7. The van der Waals surface area contributed by atoms with Gasteiger partial charge in [-0.2, -0.15) is 0 Å². The number of esters is 1. The molecule has 0 saturated heterocycles. The van der Waals surface area contributed by atoms with Crippen molar-refractivity contribution in [2.24, 2.45) is 52.3 Å². The zero-order valence-corrected chi connectivity index (χ0v) is 23.6. The summed E-state index contributed by atoms with van der Waals surface area (Å²) in [6.45, 7) is 12.6. The van der Waals surface area contributed by atoms with Crippen LogP contribution in [0.5, 0.6) is 0 Å². The minimum Gasteiger partial charge on any atom is -0.462 e. The molecule has 5 rings (SSSR count). The summed E-state index contributed by atoms with van der Waals surface area (Å²) in [5.74, 6) is 5.61. The largest absolute Gasteiger partial charge is 0.462 e. The Morgan fingerprint density at radius 2 is 1.74 bits per heavy atom. The van der Waals surface area contributed by atoms with Crippen molar-refractivity contribution in [3.05, 3.63) is 11.6 Å². The smallest absolute Gasteiger partial charge is 0.309 e. The molecule has 0 N–H and O–H groups in total. The number of ether oxygens (including phenoxy) is 1. The lowest BCUT2D eigenvalue weighted by Crippen LogP contribution is -2.51. The molecule has 4 saturated carbocycles. The van der Waals surface area contributed by atoms with Gasteiger partial charge >= 0.3 is 5.97 Å². The molecule has 35 heavy (non-hydrogen) atoms. The molecule has 0 aromatic heterocycles. The molecule has 0 aromatic rings. The van der Waals surface area contributed by atoms with E-state index in [2.05, 4.69) is 40.7 Å². The van der Waals surface area contributed by atoms with Gasteiger partial charge in [-0.1, -0.05) is 78.4 Å². The highest BCUT2D eigenvalue weighted by Crippen LogP contribution is 2.67. The van der Waals surface area contributed by atoms with Crippen molar-refractivity contribution in [2.45, 2.75) is 137 Å². The number of carbonyl (C=O) groups excluding carboxylic acids is 1. The minimum atomic E-state index is 0.110. The van der Waals surface area contributed by atoms with Crippen molar-refractivity contribution >= 4 is 5.97 Å². The van der Waals surface area contributed by atoms with E-state index in [1.165, 1.54) is 70.6 Å². The number of carbonyl (C=O) groups is 1. The number of fused-ring (bicyclic) bond motifs is 5. The molecule has 198 valence electrons. The molecular formula is C33H54O2. The van der Waals surface area contributed by atoms with Gasteiger partial charge in [0.1, 0.15) is 6.10 Å². The van der Waals surface area contributed by atoms with Crippen LogP contribution in [0.1, 0.15) is 131 Å². The van der Waals surface area contributed by atoms with Crippen molar-refractivity contribution in [3.8, 4) is 0 Å². The molecule has 2 heteroatoms. The zero-order valence-electron chi connectivity index (χ0n) is 23.6. The summed E-state index contributed by atoms with van der Waals surface area (Å²) >= 11 is 0. The van der Waals surface area contributed by atoms with E-state index in [0.717, 1.165) is 61.2 Å². The summed E-state index contributed by atoms with van der Waals surface area (Å²) < 4.78 is 6.10. The van der Waals surface area contributed by atoms with Crippen molar-refractivity contribution in [1.82, 2.24) is 0 Å². The second kappa shape index (κ2) is 10.2. The molecule has 0 radical (unpaired) electrons. The van der Waals surface area contributed by atoms with E-state index >= 15 is 0 Å². The molecule has 0 unspecified atom stereocenters. The van der Waals surface area contributed by atoms with E-state index in [-0.39, 0.29) is 18.0 Å². The number of rotatable bonds is 7. The molecule has 8 atom stereocenters. The van der Waals surface area contributed by atoms with E-state index in [4.69, 9.17) is 4.74 Å². The van der Waals surface area contributed by atoms with Crippen molar-refractivity contribution in [2.75, 3.05) is 0 Å². The standard InChI is InChI=1S/C33H54O2/c1-22(2)9-8-10-23(3)28-15-16-29-27-14-13-25-21-26(35-31(34)24-11-6-7-12-24)17-19-32(25,4)30(27)18-20-33(28,29)5/h13,22-24,26-30H,6-12,14-21H2,1-5H3/t23-,26+,27-,28+,29-,30-,32-,33+/m0/s1. The Hall–Kier alpha value is -0.790. The van der Waals surface area contributed by atoms with Crippen LogP contribution in [0.2, 0.25) is 0 Å². The summed E-state index contributed by atoms with van der Waals surface area (Å²) in [6.07, 6.45) is 21.9. The quantitative estimate of drug-likeness (QED) is 0.267. The molecule has 0 amide bonds. The van der Waals surface area contributed by atoms with Gasteiger partial charge in [0.2, 0.25) is 0 Å². The summed E-state index contributed by atoms with van der Waals surface area (Å²) in [6, 6.07) is 0. The Morgan fingerprint density at radius 1 is 0.971 bits per heavy atom. The fraction of sp³-hybridized carbons (Fsp3) is 0.909. The second-order valence-corrected chi connectivity index (χ2v) is 14.6. The molecule has 0 aliphatic heterocycles. The van der Waals surface area contributed by atoms with Crippen LogP contribution in [0.15, 0.2) is 11.6 Å². The Kier molecular flexibility index (Phi) is 7.51. The lowest BCUT2D eigenvalue weighted by atomic mass is 9.47. The fourth-order valence-electron chi connectivity index (χ4n) is 10.2. The van der Waals surface area contributed by atoms with Crippen LogP contribution in [0, 0.1) is 52.3 Å². The molecule has 5 aliphatic carbocycles. The highest BCUT2D eigenvalue weighted by Gasteiger charge is 2.59. The Balaban J connectivity index is 1.24. The Morgan fingerprint density at radius 3 is 2.49 bits per heavy atom. The van der Waals surface area contributed by atoms with Gasteiger partial charge in [-0.3, -0.25) is 4.79 Å². The van der Waals surface area contributed by atoms with Gasteiger partial charge < -0.3 is 4.74 Å². The Bertz CT molecular complexity index is 791. The average molecular weight is 483 g/mol. The van der Waals surface area contributed by atoms with E-state index in [9.17, 15) is 4.79 Å². The van der Waals surface area contributed by atoms with Crippen LogP contribution < -0.4 is 0 Å². The van der Waals surface area contributed by atoms with E-state index in [1.807, 2.05) is 0 Å². The van der Waals surface area contributed by atoms with Crippen molar-refractivity contribution in [3.63, 3.8) is 0 Å². The van der Waals surface area contributed by atoms with Crippen LogP contribution in [0.3, 0.4) is 0 Å². The van der Waals surface area contributed by atoms with Crippen molar-refractivity contribution < 1.29 is 9.53 Å². The molecule has 4 fully saturated rings. The van der Waals surface area contributed by atoms with Crippen LogP contribution in [-0.2, 0) is 9.53 Å². The first-order valence-electron chi connectivity index (χ1n) is 15.6. The topological polar surface area (TPSA) is 26.3 Å². The molecular weight excluding hydrogens is 428 g/mol. The summed E-state index contributed by atoms with van der Waals surface area (Å²) in [5.41, 5.74) is 2.56. The van der Waals surface area contributed by atoms with Gasteiger partial charge in [0.25, 0.3) is 0 Å². The van der Waals surface area contributed by atoms with E-state index in [0.29, 0.717) is 10.8 Å². The first kappa shape index (κ1) is 25.8. The monoisotopic (exact) mass is 482 g/mol. The maximum Gasteiger partial charge on any atom is 0.309 e. The van der Waals surface area contributed by atoms with Gasteiger partial charge in [-0.05, 0) is 104 Å². The molecule has 0 aromatic carbocycles. The Labute approximate surface area is 216 Å². The van der Waals surface area contributed by atoms with Gasteiger partial charge in [0, 0.05) is 6.42 Å². The van der Waals surface area contributed by atoms with Crippen molar-refractivity contribution in [1.29, 1.82) is 0 Å². The lowest BCUT2D eigenvalue weighted by Gasteiger charge is -2.58. The van der Waals surface area contributed by atoms with Crippen LogP contribution in [0.25, 0.3) is 0 Å². The van der Waals surface area contributed by atoms with Crippen LogP contribution in [-0.4, -0.2) is 12.1 Å². The predicted octanol–water partition coefficient (Wildman–Crippen LogP) is 9.13. The highest BCUT2D eigenvalue weighted by atomic mass is 16.5. The van der Waals surface area contributed by atoms with Crippen LogP contribution in [0.4, 0.5) is 0 Å². The third-order valence-electron chi connectivity index (χ3n) is 12.2. The summed E-state index contributed by atoms with van der Waals surface area (Å²) in [4.78, 5) is 12.7. The average Bonchev–Trinajstić information content (AvgIpc) is 3.47. The molecule has 0 bridgehead atoms. The maximum absolute atomic E-state index is 12.7. The van der Waals surface area contributed by atoms with Gasteiger partial charge in [-0.25, -0.2) is 0 Å². The molecule has 0 heterocycles. The highest BCUT2D eigenvalue weighted by molar-refractivity contribution is 5.73. The SMILES string of the molecule is CC(C)CCC[C@H](C)[C@H]1CC[C@H]2[C@@H]3CC=C4C[C@H](OC(=O)C5CCCC5)CC[C@]4(C)[C@H]3CC[C@]12C. The number of hydrogen-bond acceptors (Lipinski definition) is 2. The zero-order chi connectivity index (χ0) is 24.8. The fourth-order valence-corrected chi connectivity index (χ4v) is 10.2. The second-order valence-electron chi connectivity index (χ2n) is 14.6. The van der Waals surface area contributed by atoms with E-state index < -0.39 is 0 Å². The summed E-state index contributed by atoms with van der Waals surface area (Å²) in [7, 11) is 0. The van der Waals surface area contributed by atoms with Gasteiger partial charge in [0.15, 0.2) is 0 Å². The van der Waals surface area contributed by atoms with Gasteiger partial charge in [0.05, 0.1) is 5.92 Å². The summed E-state index contributed by atoms with van der Waals surface area (Å²) in [5, 5.41) is 0. The number of allylic oxidation sites excluding steroid dienone is 1. The normalized spacial score (nSPS) is 42.2. The van der Waals surface area contributed by atoms with Gasteiger partial charge in [-0.15, -0.1) is 0 Å². The third kappa shape index (κ3) is 4.79. The van der Waals surface area contributed by atoms with Crippen LogP contribution >= 0.6 is 0 Å². The number of hydrogen-bond donors (Lipinski definition) is 0. The molecule has 0 spiro atoms. The molecule has 5 aliphatic rings. The predicted molar refractivity (Wildman–Crippen MR) is 145 cm³/mol. The minimum absolute atomic E-state index is 0.110. The first-order valence-corrected chi connectivity index (χ1v) is 15.6. The first-order chi connectivity index (χ1) is 16.7. The third-order valence-corrected chi connectivity index (χ3v) is 12.2. The lowest BCUT2D eigenvalue weighted by molar-refractivity contribution is -0.156.